The zero-order valence-electron chi connectivity index (χ0n) is 11.2. The number of halogens is 1. The van der Waals surface area contributed by atoms with Crippen molar-refractivity contribution >= 4 is 21.8 Å². The fraction of sp³-hybridized carbons (Fsp3) is 0.267. The minimum Gasteiger partial charge on any atom is -0.466 e. The van der Waals surface area contributed by atoms with Gasteiger partial charge >= 0.3 is 0 Å². The van der Waals surface area contributed by atoms with E-state index in [-0.39, 0.29) is 11.9 Å². The summed E-state index contributed by atoms with van der Waals surface area (Å²) in [5, 5.41) is 2.97. The monoisotopic (exact) mass is 321 g/mol. The van der Waals surface area contributed by atoms with E-state index in [0.717, 1.165) is 21.6 Å². The first-order valence-electron chi connectivity index (χ1n) is 6.10. The molecule has 0 aliphatic rings. The third kappa shape index (κ3) is 3.26. The number of benzene rings is 1. The Bertz CT molecular complexity index is 587. The van der Waals surface area contributed by atoms with Gasteiger partial charge in [0.1, 0.15) is 11.5 Å². The molecule has 100 valence electrons. The number of hydrogen-bond donors (Lipinski definition) is 1. The smallest absolute Gasteiger partial charge is 0.251 e. The van der Waals surface area contributed by atoms with Crippen molar-refractivity contribution in [1.29, 1.82) is 0 Å². The molecular formula is C15H16BrNO2. The highest BCUT2D eigenvalue weighted by Gasteiger charge is 2.15. The summed E-state index contributed by atoms with van der Waals surface area (Å²) in [6.07, 6.45) is 0. The minimum atomic E-state index is -0.0850. The number of carbonyl (C=O) groups is 1. The first-order valence-corrected chi connectivity index (χ1v) is 6.90. The van der Waals surface area contributed by atoms with Crippen LogP contribution in [0.4, 0.5) is 0 Å². The van der Waals surface area contributed by atoms with Crippen molar-refractivity contribution in [2.45, 2.75) is 26.8 Å². The molecule has 1 N–H and O–H groups in total. The normalized spacial score (nSPS) is 12.2. The van der Waals surface area contributed by atoms with E-state index in [1.165, 1.54) is 0 Å². The van der Waals surface area contributed by atoms with Crippen LogP contribution in [-0.2, 0) is 0 Å². The quantitative estimate of drug-likeness (QED) is 0.922. The molecule has 0 spiro atoms. The molecule has 1 aromatic carbocycles. The van der Waals surface area contributed by atoms with Gasteiger partial charge in [0.05, 0.1) is 6.04 Å². The van der Waals surface area contributed by atoms with Gasteiger partial charge in [-0.25, -0.2) is 0 Å². The fourth-order valence-electron chi connectivity index (χ4n) is 2.04. The van der Waals surface area contributed by atoms with Gasteiger partial charge in [-0.05, 0) is 51.1 Å². The standard InChI is InChI=1S/C15H16BrNO2/c1-9-8-14(11(3)19-9)10(2)17-15(18)12-4-6-13(16)7-5-12/h4-8,10H,1-3H3,(H,17,18). The van der Waals surface area contributed by atoms with Crippen molar-refractivity contribution in [3.63, 3.8) is 0 Å². The summed E-state index contributed by atoms with van der Waals surface area (Å²) in [5.74, 6) is 1.62. The summed E-state index contributed by atoms with van der Waals surface area (Å²) in [4.78, 5) is 12.1. The molecule has 19 heavy (non-hydrogen) atoms. The van der Waals surface area contributed by atoms with Gasteiger partial charge < -0.3 is 9.73 Å². The first-order chi connectivity index (χ1) is 8.97. The number of carbonyl (C=O) groups excluding carboxylic acids is 1. The molecule has 0 saturated carbocycles. The van der Waals surface area contributed by atoms with Crippen molar-refractivity contribution < 1.29 is 9.21 Å². The van der Waals surface area contributed by atoms with E-state index in [1.54, 1.807) is 12.1 Å². The Morgan fingerprint density at radius 1 is 1.26 bits per heavy atom. The number of nitrogens with one attached hydrogen (secondary N) is 1. The van der Waals surface area contributed by atoms with E-state index in [4.69, 9.17) is 4.42 Å². The molecule has 3 nitrogen and oxygen atoms in total. The molecule has 0 fully saturated rings. The number of furan rings is 1. The van der Waals surface area contributed by atoms with E-state index in [0.29, 0.717) is 5.56 Å². The second-order valence-corrected chi connectivity index (χ2v) is 5.49. The van der Waals surface area contributed by atoms with Crippen LogP contribution in [0.1, 0.15) is 40.4 Å². The van der Waals surface area contributed by atoms with Crippen molar-refractivity contribution in [2.24, 2.45) is 0 Å². The summed E-state index contributed by atoms with van der Waals surface area (Å²) in [6.45, 7) is 5.76. The first kappa shape index (κ1) is 13.9. The maximum Gasteiger partial charge on any atom is 0.251 e. The Balaban J connectivity index is 2.10. The predicted octanol–water partition coefficient (Wildman–Crippen LogP) is 4.15. The molecule has 1 unspecified atom stereocenters. The van der Waals surface area contributed by atoms with Crippen LogP contribution < -0.4 is 5.32 Å². The van der Waals surface area contributed by atoms with Gasteiger partial charge in [0.15, 0.2) is 0 Å². The lowest BCUT2D eigenvalue weighted by molar-refractivity contribution is 0.0939. The largest absolute Gasteiger partial charge is 0.466 e. The third-order valence-electron chi connectivity index (χ3n) is 3.00. The molecule has 0 aliphatic carbocycles. The Morgan fingerprint density at radius 2 is 1.89 bits per heavy atom. The highest BCUT2D eigenvalue weighted by molar-refractivity contribution is 9.10. The van der Waals surface area contributed by atoms with E-state index >= 15 is 0 Å². The molecule has 2 rings (SSSR count). The SMILES string of the molecule is Cc1cc(C(C)NC(=O)c2ccc(Br)cc2)c(C)o1. The molecule has 1 aromatic heterocycles. The summed E-state index contributed by atoms with van der Waals surface area (Å²) in [6, 6.07) is 9.18. The lowest BCUT2D eigenvalue weighted by Crippen LogP contribution is -2.26. The fourth-order valence-corrected chi connectivity index (χ4v) is 2.30. The number of hydrogen-bond acceptors (Lipinski definition) is 2. The highest BCUT2D eigenvalue weighted by Crippen LogP contribution is 2.21. The Hall–Kier alpha value is -1.55. The molecule has 0 saturated heterocycles. The highest BCUT2D eigenvalue weighted by atomic mass is 79.9. The second kappa shape index (κ2) is 5.61. The van der Waals surface area contributed by atoms with Gasteiger partial charge in [0.2, 0.25) is 0 Å². The lowest BCUT2D eigenvalue weighted by Gasteiger charge is -2.13. The second-order valence-electron chi connectivity index (χ2n) is 4.57. The van der Waals surface area contributed by atoms with Crippen LogP contribution in [0.25, 0.3) is 0 Å². The Morgan fingerprint density at radius 3 is 2.42 bits per heavy atom. The van der Waals surface area contributed by atoms with Crippen molar-refractivity contribution in [1.82, 2.24) is 5.32 Å². The van der Waals surface area contributed by atoms with Crippen LogP contribution in [0.3, 0.4) is 0 Å². The molecule has 1 amide bonds. The van der Waals surface area contributed by atoms with Crippen LogP contribution in [0, 0.1) is 13.8 Å². The number of amides is 1. The maximum atomic E-state index is 12.1. The molecular weight excluding hydrogens is 306 g/mol. The predicted molar refractivity (Wildman–Crippen MR) is 78.2 cm³/mol. The van der Waals surface area contributed by atoms with Gasteiger partial charge in [0, 0.05) is 15.6 Å². The van der Waals surface area contributed by atoms with Crippen LogP contribution >= 0.6 is 15.9 Å². The molecule has 4 heteroatoms. The number of rotatable bonds is 3. The number of aryl methyl sites for hydroxylation is 2. The minimum absolute atomic E-state index is 0.0754. The van der Waals surface area contributed by atoms with Crippen LogP contribution in [0.5, 0.6) is 0 Å². The maximum absolute atomic E-state index is 12.1. The molecule has 0 bridgehead atoms. The van der Waals surface area contributed by atoms with Crippen LogP contribution in [-0.4, -0.2) is 5.91 Å². The zero-order valence-corrected chi connectivity index (χ0v) is 12.7. The molecule has 0 radical (unpaired) electrons. The van der Waals surface area contributed by atoms with Crippen LogP contribution in [0.15, 0.2) is 39.2 Å². The van der Waals surface area contributed by atoms with Gasteiger partial charge in [-0.3, -0.25) is 4.79 Å². The Labute approximate surface area is 121 Å². The topological polar surface area (TPSA) is 42.2 Å². The summed E-state index contributed by atoms with van der Waals surface area (Å²) >= 11 is 3.35. The summed E-state index contributed by atoms with van der Waals surface area (Å²) < 4.78 is 6.44. The Kier molecular flexibility index (Phi) is 4.10. The zero-order chi connectivity index (χ0) is 14.0. The van der Waals surface area contributed by atoms with Gasteiger partial charge in [-0.2, -0.15) is 0 Å². The van der Waals surface area contributed by atoms with E-state index in [1.807, 2.05) is 39.0 Å². The van der Waals surface area contributed by atoms with Crippen molar-refractivity contribution in [3.8, 4) is 0 Å². The van der Waals surface area contributed by atoms with Crippen LogP contribution in [0.2, 0.25) is 0 Å². The average Bonchev–Trinajstić information content (AvgIpc) is 2.69. The summed E-state index contributed by atoms with van der Waals surface area (Å²) in [5.41, 5.74) is 1.66. The summed E-state index contributed by atoms with van der Waals surface area (Å²) in [7, 11) is 0. The molecule has 0 aliphatic heterocycles. The van der Waals surface area contributed by atoms with Gasteiger partial charge in [0.25, 0.3) is 5.91 Å². The van der Waals surface area contributed by atoms with Gasteiger partial charge in [-0.1, -0.05) is 15.9 Å². The van der Waals surface area contributed by atoms with Gasteiger partial charge in [-0.15, -0.1) is 0 Å². The van der Waals surface area contributed by atoms with E-state index in [2.05, 4.69) is 21.2 Å². The lowest BCUT2D eigenvalue weighted by atomic mass is 10.1. The molecule has 1 atom stereocenters. The average molecular weight is 322 g/mol. The molecule has 2 aromatic rings. The third-order valence-corrected chi connectivity index (χ3v) is 3.53. The van der Waals surface area contributed by atoms with E-state index in [9.17, 15) is 4.79 Å². The van der Waals surface area contributed by atoms with Crippen molar-refractivity contribution in [2.75, 3.05) is 0 Å². The van der Waals surface area contributed by atoms with E-state index < -0.39 is 0 Å². The molecule has 1 heterocycles. The van der Waals surface area contributed by atoms with Crippen molar-refractivity contribution in [3.05, 3.63) is 57.5 Å².